The summed E-state index contributed by atoms with van der Waals surface area (Å²) in [5.41, 5.74) is 2.41. The summed E-state index contributed by atoms with van der Waals surface area (Å²) in [7, 11) is 1.72. The molecule has 1 heterocycles. The van der Waals surface area contributed by atoms with Crippen LogP contribution in [-0.4, -0.2) is 13.2 Å². The van der Waals surface area contributed by atoms with Crippen LogP contribution in [0.4, 0.5) is 0 Å². The lowest BCUT2D eigenvalue weighted by atomic mass is 10.1. The summed E-state index contributed by atoms with van der Waals surface area (Å²) < 4.78 is 11.4. The van der Waals surface area contributed by atoms with Crippen LogP contribution >= 0.6 is 0 Å². The highest BCUT2D eigenvalue weighted by Gasteiger charge is 2.31. The molecule has 0 aliphatic heterocycles. The van der Waals surface area contributed by atoms with Crippen LogP contribution in [0, 0.1) is 0 Å². The Bertz CT molecular complexity index is 608. The van der Waals surface area contributed by atoms with Gasteiger partial charge >= 0.3 is 0 Å². The van der Waals surface area contributed by atoms with Gasteiger partial charge in [-0.3, -0.25) is 0 Å². The topological polar surface area (TPSA) is 34.4 Å². The van der Waals surface area contributed by atoms with Crippen LogP contribution < -0.4 is 10.1 Å². The maximum Gasteiger partial charge on any atom is 0.134 e. The molecule has 0 radical (unpaired) electrons. The van der Waals surface area contributed by atoms with Crippen molar-refractivity contribution < 1.29 is 9.15 Å². The normalized spacial score (nSPS) is 19.0. The monoisotopic (exact) mass is 257 g/mol. The van der Waals surface area contributed by atoms with Gasteiger partial charge in [0.25, 0.3) is 0 Å². The van der Waals surface area contributed by atoms with Crippen LogP contribution in [0.1, 0.15) is 42.9 Å². The second-order valence-electron chi connectivity index (χ2n) is 5.73. The van der Waals surface area contributed by atoms with Gasteiger partial charge in [-0.1, -0.05) is 0 Å². The molecule has 1 aromatic heterocycles. The minimum atomic E-state index is 0.698. The van der Waals surface area contributed by atoms with Crippen molar-refractivity contribution in [1.82, 2.24) is 5.32 Å². The van der Waals surface area contributed by atoms with Gasteiger partial charge in [-0.2, -0.15) is 0 Å². The average Bonchev–Trinajstić information content (AvgIpc) is 3.33. The highest BCUT2D eigenvalue weighted by Crippen LogP contribution is 2.46. The first-order valence-corrected chi connectivity index (χ1v) is 7.18. The van der Waals surface area contributed by atoms with Gasteiger partial charge < -0.3 is 14.5 Å². The zero-order valence-corrected chi connectivity index (χ0v) is 11.2. The third-order valence-corrected chi connectivity index (χ3v) is 4.12. The van der Waals surface area contributed by atoms with Crippen molar-refractivity contribution in [3.8, 4) is 5.75 Å². The fourth-order valence-corrected chi connectivity index (χ4v) is 2.75. The smallest absolute Gasteiger partial charge is 0.134 e. The molecule has 2 aliphatic carbocycles. The summed E-state index contributed by atoms with van der Waals surface area (Å²) in [6.45, 7) is 0.869. The van der Waals surface area contributed by atoms with Gasteiger partial charge in [-0.25, -0.2) is 0 Å². The first-order chi connectivity index (χ1) is 9.35. The molecule has 2 saturated carbocycles. The maximum absolute atomic E-state index is 6.06. The fraction of sp³-hybridized carbons (Fsp3) is 0.500. The lowest BCUT2D eigenvalue weighted by Gasteiger charge is -2.03. The number of fused-ring (bicyclic) bond motifs is 1. The van der Waals surface area contributed by atoms with Crippen molar-refractivity contribution in [3.63, 3.8) is 0 Å². The third-order valence-electron chi connectivity index (χ3n) is 4.12. The summed E-state index contributed by atoms with van der Waals surface area (Å²) in [5.74, 6) is 2.75. The van der Waals surface area contributed by atoms with E-state index in [4.69, 9.17) is 9.15 Å². The van der Waals surface area contributed by atoms with E-state index in [0.29, 0.717) is 5.92 Å². The highest BCUT2D eigenvalue weighted by molar-refractivity contribution is 5.84. The van der Waals surface area contributed by atoms with E-state index in [1.54, 1.807) is 7.11 Å². The molecular weight excluding hydrogens is 238 g/mol. The van der Waals surface area contributed by atoms with E-state index >= 15 is 0 Å². The molecule has 0 bridgehead atoms. The van der Waals surface area contributed by atoms with E-state index in [1.165, 1.54) is 36.6 Å². The molecule has 1 aromatic carbocycles. The Morgan fingerprint density at radius 2 is 2.11 bits per heavy atom. The molecular formula is C16H19NO2. The molecule has 1 N–H and O–H groups in total. The molecule has 0 saturated heterocycles. The standard InChI is InChI=1S/C16H19NO2/c1-18-12-6-7-14-13(8-12)16(10-2-3-10)15(19-14)9-17-11-4-5-11/h6-8,10-11,17H,2-5,9H2,1H3. The minimum absolute atomic E-state index is 0.698. The van der Waals surface area contributed by atoms with Crippen molar-refractivity contribution in [2.75, 3.05) is 7.11 Å². The van der Waals surface area contributed by atoms with Gasteiger partial charge in [0, 0.05) is 17.0 Å². The van der Waals surface area contributed by atoms with Gasteiger partial charge in [-0.05, 0) is 49.8 Å². The van der Waals surface area contributed by atoms with Gasteiger partial charge in [0.15, 0.2) is 0 Å². The van der Waals surface area contributed by atoms with Gasteiger partial charge in [-0.15, -0.1) is 0 Å². The summed E-state index contributed by atoms with van der Waals surface area (Å²) >= 11 is 0. The maximum atomic E-state index is 6.06. The van der Waals surface area contributed by atoms with E-state index in [-0.39, 0.29) is 0 Å². The lowest BCUT2D eigenvalue weighted by molar-refractivity contribution is 0.415. The summed E-state index contributed by atoms with van der Waals surface area (Å²) in [6, 6.07) is 6.84. The van der Waals surface area contributed by atoms with Crippen LogP contribution in [0.25, 0.3) is 11.0 Å². The van der Waals surface area contributed by atoms with Crippen molar-refractivity contribution in [3.05, 3.63) is 29.5 Å². The SMILES string of the molecule is COc1ccc2oc(CNC3CC3)c(C3CC3)c2c1. The largest absolute Gasteiger partial charge is 0.497 e. The number of nitrogens with one attached hydrogen (secondary N) is 1. The van der Waals surface area contributed by atoms with E-state index in [0.717, 1.165) is 29.7 Å². The van der Waals surface area contributed by atoms with Crippen LogP contribution in [0.3, 0.4) is 0 Å². The van der Waals surface area contributed by atoms with Gasteiger partial charge in [0.2, 0.25) is 0 Å². The summed E-state index contributed by atoms with van der Waals surface area (Å²) in [6.07, 6.45) is 5.21. The summed E-state index contributed by atoms with van der Waals surface area (Å²) in [4.78, 5) is 0. The highest BCUT2D eigenvalue weighted by atomic mass is 16.5. The Morgan fingerprint density at radius 1 is 1.26 bits per heavy atom. The number of rotatable bonds is 5. The molecule has 3 heteroatoms. The molecule has 100 valence electrons. The van der Waals surface area contributed by atoms with Crippen LogP contribution in [0.2, 0.25) is 0 Å². The molecule has 2 aliphatic rings. The van der Waals surface area contributed by atoms with Gasteiger partial charge in [0.05, 0.1) is 13.7 Å². The number of methoxy groups -OCH3 is 1. The number of ether oxygens (including phenoxy) is 1. The Balaban J connectivity index is 1.75. The Hall–Kier alpha value is -1.48. The third kappa shape index (κ3) is 2.12. The van der Waals surface area contributed by atoms with E-state index in [1.807, 2.05) is 12.1 Å². The predicted octanol–water partition coefficient (Wildman–Crippen LogP) is 3.57. The quantitative estimate of drug-likeness (QED) is 0.889. The second kappa shape index (κ2) is 4.27. The second-order valence-corrected chi connectivity index (χ2v) is 5.73. The molecule has 0 amide bonds. The Morgan fingerprint density at radius 3 is 2.79 bits per heavy atom. The first-order valence-electron chi connectivity index (χ1n) is 7.18. The van der Waals surface area contributed by atoms with E-state index in [2.05, 4.69) is 11.4 Å². The average molecular weight is 257 g/mol. The van der Waals surface area contributed by atoms with Crippen LogP contribution in [-0.2, 0) is 6.54 Å². The number of benzene rings is 1. The fourth-order valence-electron chi connectivity index (χ4n) is 2.75. The predicted molar refractivity (Wildman–Crippen MR) is 74.6 cm³/mol. The Kier molecular flexibility index (Phi) is 2.55. The molecule has 4 rings (SSSR count). The minimum Gasteiger partial charge on any atom is -0.497 e. The lowest BCUT2D eigenvalue weighted by Crippen LogP contribution is -2.15. The zero-order valence-electron chi connectivity index (χ0n) is 11.2. The molecule has 3 nitrogen and oxygen atoms in total. The number of hydrogen-bond acceptors (Lipinski definition) is 3. The van der Waals surface area contributed by atoms with Crippen molar-refractivity contribution in [2.45, 2.75) is 44.2 Å². The molecule has 2 fully saturated rings. The molecule has 0 spiro atoms. The molecule has 2 aromatic rings. The van der Waals surface area contributed by atoms with Crippen molar-refractivity contribution in [2.24, 2.45) is 0 Å². The number of hydrogen-bond donors (Lipinski definition) is 1. The van der Waals surface area contributed by atoms with E-state index in [9.17, 15) is 0 Å². The molecule has 19 heavy (non-hydrogen) atoms. The molecule has 0 atom stereocenters. The van der Waals surface area contributed by atoms with Crippen LogP contribution in [0.15, 0.2) is 22.6 Å². The van der Waals surface area contributed by atoms with Crippen LogP contribution in [0.5, 0.6) is 5.75 Å². The van der Waals surface area contributed by atoms with Crippen molar-refractivity contribution >= 4 is 11.0 Å². The Labute approximate surface area is 112 Å². The zero-order chi connectivity index (χ0) is 12.8. The number of furan rings is 1. The molecule has 0 unspecified atom stereocenters. The van der Waals surface area contributed by atoms with E-state index < -0.39 is 0 Å². The summed E-state index contributed by atoms with van der Waals surface area (Å²) in [5, 5.41) is 4.81. The van der Waals surface area contributed by atoms with Crippen molar-refractivity contribution in [1.29, 1.82) is 0 Å². The first kappa shape index (κ1) is 11.4. The van der Waals surface area contributed by atoms with Gasteiger partial charge in [0.1, 0.15) is 17.1 Å².